The van der Waals surface area contributed by atoms with Gasteiger partial charge in [-0.2, -0.15) is 8.42 Å². The van der Waals surface area contributed by atoms with Crippen LogP contribution in [-0.4, -0.2) is 21.0 Å². The minimum Gasteiger partial charge on any atom is -0.282 e. The lowest BCUT2D eigenvalue weighted by Gasteiger charge is -2.30. The average Bonchev–Trinajstić information content (AvgIpc) is 2.30. The standard InChI is InChI=1S/C12H19FO3SSi/c1-4-18(5-2,6-3)12-9-10(13)7-8-11(12)17(14,15)16/h7-9H,4-6H2,1-3H3,(H,14,15,16). The Balaban J connectivity index is 3.60. The molecule has 1 aromatic rings. The summed E-state index contributed by atoms with van der Waals surface area (Å²) >= 11 is 0. The van der Waals surface area contributed by atoms with Crippen LogP contribution in [0.5, 0.6) is 0 Å². The average molecular weight is 290 g/mol. The van der Waals surface area contributed by atoms with Crippen molar-refractivity contribution in [2.45, 2.75) is 43.8 Å². The van der Waals surface area contributed by atoms with Crippen molar-refractivity contribution in [3.63, 3.8) is 0 Å². The predicted octanol–water partition coefficient (Wildman–Crippen LogP) is 2.79. The second-order valence-electron chi connectivity index (χ2n) is 4.46. The van der Waals surface area contributed by atoms with Crippen LogP contribution in [-0.2, 0) is 10.1 Å². The normalized spacial score (nSPS) is 12.7. The van der Waals surface area contributed by atoms with E-state index in [4.69, 9.17) is 0 Å². The van der Waals surface area contributed by atoms with Gasteiger partial charge in [-0.3, -0.25) is 4.55 Å². The summed E-state index contributed by atoms with van der Waals surface area (Å²) in [7, 11) is -6.35. The molecule has 18 heavy (non-hydrogen) atoms. The molecule has 0 spiro atoms. The summed E-state index contributed by atoms with van der Waals surface area (Å²) in [6.07, 6.45) is 0. The van der Waals surface area contributed by atoms with Crippen LogP contribution in [0.1, 0.15) is 20.8 Å². The lowest BCUT2D eigenvalue weighted by molar-refractivity contribution is 0.483. The number of benzene rings is 1. The van der Waals surface area contributed by atoms with E-state index < -0.39 is 24.0 Å². The fourth-order valence-electron chi connectivity index (χ4n) is 2.46. The highest BCUT2D eigenvalue weighted by atomic mass is 32.2. The maximum Gasteiger partial charge on any atom is 0.294 e. The smallest absolute Gasteiger partial charge is 0.282 e. The summed E-state index contributed by atoms with van der Waals surface area (Å²) < 4.78 is 45.5. The predicted molar refractivity (Wildman–Crippen MR) is 73.0 cm³/mol. The molecule has 0 aliphatic heterocycles. The van der Waals surface area contributed by atoms with Gasteiger partial charge in [-0.1, -0.05) is 38.9 Å². The first-order valence-electron chi connectivity index (χ1n) is 6.08. The van der Waals surface area contributed by atoms with Gasteiger partial charge in [0.05, 0.1) is 13.0 Å². The molecule has 1 aromatic carbocycles. The molecule has 0 fully saturated rings. The summed E-state index contributed by atoms with van der Waals surface area (Å²) in [6.45, 7) is 5.99. The van der Waals surface area contributed by atoms with Crippen LogP contribution < -0.4 is 5.19 Å². The molecule has 0 bridgehead atoms. The Morgan fingerprint density at radius 2 is 1.67 bits per heavy atom. The van der Waals surface area contributed by atoms with Gasteiger partial charge in [0.2, 0.25) is 0 Å². The molecule has 0 atom stereocenters. The highest BCUT2D eigenvalue weighted by Crippen LogP contribution is 2.24. The summed E-state index contributed by atoms with van der Waals surface area (Å²) in [4.78, 5) is -0.124. The van der Waals surface area contributed by atoms with Crippen molar-refractivity contribution in [2.24, 2.45) is 0 Å². The third kappa shape index (κ3) is 2.81. The van der Waals surface area contributed by atoms with Gasteiger partial charge in [0.15, 0.2) is 0 Å². The first kappa shape index (κ1) is 15.3. The van der Waals surface area contributed by atoms with Gasteiger partial charge in [0.25, 0.3) is 10.1 Å². The molecule has 0 saturated heterocycles. The third-order valence-electron chi connectivity index (χ3n) is 3.82. The minimum atomic E-state index is -4.30. The zero-order valence-electron chi connectivity index (χ0n) is 10.9. The van der Waals surface area contributed by atoms with Crippen LogP contribution in [0.2, 0.25) is 18.1 Å². The quantitative estimate of drug-likeness (QED) is 0.670. The molecule has 0 aliphatic rings. The molecule has 1 N–H and O–H groups in total. The lowest BCUT2D eigenvalue weighted by atomic mass is 10.3. The molecular formula is C12H19FO3SSi. The molecule has 0 radical (unpaired) electrons. The van der Waals surface area contributed by atoms with Crippen molar-refractivity contribution < 1.29 is 17.4 Å². The van der Waals surface area contributed by atoms with Crippen molar-refractivity contribution >= 4 is 23.4 Å². The van der Waals surface area contributed by atoms with Crippen molar-refractivity contribution in [1.82, 2.24) is 0 Å². The second kappa shape index (κ2) is 5.50. The van der Waals surface area contributed by atoms with Gasteiger partial charge in [-0.25, -0.2) is 4.39 Å². The van der Waals surface area contributed by atoms with E-state index in [-0.39, 0.29) is 4.90 Å². The highest BCUT2D eigenvalue weighted by molar-refractivity contribution is 7.86. The molecule has 0 unspecified atom stereocenters. The molecular weight excluding hydrogens is 271 g/mol. The molecule has 0 aromatic heterocycles. The van der Waals surface area contributed by atoms with Gasteiger partial charge < -0.3 is 0 Å². The van der Waals surface area contributed by atoms with Crippen LogP contribution in [0.15, 0.2) is 23.1 Å². The molecule has 1 rings (SSSR count). The molecule has 0 aliphatic carbocycles. The van der Waals surface area contributed by atoms with Gasteiger partial charge in [0.1, 0.15) is 5.82 Å². The van der Waals surface area contributed by atoms with E-state index in [1.165, 1.54) is 12.1 Å². The van der Waals surface area contributed by atoms with Crippen molar-refractivity contribution in [3.8, 4) is 0 Å². The van der Waals surface area contributed by atoms with E-state index >= 15 is 0 Å². The molecule has 102 valence electrons. The van der Waals surface area contributed by atoms with Crippen LogP contribution in [0.25, 0.3) is 0 Å². The second-order valence-corrected chi connectivity index (χ2v) is 11.1. The monoisotopic (exact) mass is 290 g/mol. The highest BCUT2D eigenvalue weighted by Gasteiger charge is 2.34. The van der Waals surface area contributed by atoms with Crippen molar-refractivity contribution in [1.29, 1.82) is 0 Å². The Morgan fingerprint density at radius 3 is 2.06 bits per heavy atom. The first-order chi connectivity index (χ1) is 8.30. The number of halogens is 1. The zero-order chi connectivity index (χ0) is 14.0. The maximum atomic E-state index is 13.4. The molecule has 6 heteroatoms. The molecule has 3 nitrogen and oxygen atoms in total. The van der Waals surface area contributed by atoms with Crippen LogP contribution >= 0.6 is 0 Å². The van der Waals surface area contributed by atoms with E-state index in [2.05, 4.69) is 0 Å². The SMILES string of the molecule is CC[Si](CC)(CC)c1cc(F)ccc1S(=O)(=O)O. The Hall–Kier alpha value is -0.723. The summed E-state index contributed by atoms with van der Waals surface area (Å²) in [6, 6.07) is 6.01. The van der Waals surface area contributed by atoms with E-state index in [1.54, 1.807) is 0 Å². The fourth-order valence-corrected chi connectivity index (χ4v) is 7.77. The maximum absolute atomic E-state index is 13.4. The van der Waals surface area contributed by atoms with E-state index in [0.717, 1.165) is 24.2 Å². The van der Waals surface area contributed by atoms with Crippen LogP contribution in [0.3, 0.4) is 0 Å². The lowest BCUT2D eigenvalue weighted by Crippen LogP contribution is -2.48. The van der Waals surface area contributed by atoms with E-state index in [0.29, 0.717) is 5.19 Å². The third-order valence-corrected chi connectivity index (χ3v) is 10.5. The van der Waals surface area contributed by atoms with Gasteiger partial charge in [-0.05, 0) is 23.4 Å². The summed E-state index contributed by atoms with van der Waals surface area (Å²) in [5.41, 5.74) is 0. The molecule has 0 amide bonds. The Bertz CT molecular complexity index is 516. The zero-order valence-corrected chi connectivity index (χ0v) is 12.7. The molecule has 0 saturated carbocycles. The molecule has 0 heterocycles. The van der Waals surface area contributed by atoms with Gasteiger partial charge in [-0.15, -0.1) is 0 Å². The summed E-state index contributed by atoms with van der Waals surface area (Å²) in [5.74, 6) is -0.454. The van der Waals surface area contributed by atoms with Crippen LogP contribution in [0, 0.1) is 5.82 Å². The summed E-state index contributed by atoms with van der Waals surface area (Å²) in [5, 5.41) is 0.512. The fraction of sp³-hybridized carbons (Fsp3) is 0.500. The number of rotatable bonds is 5. The Morgan fingerprint density at radius 1 is 1.17 bits per heavy atom. The topological polar surface area (TPSA) is 54.4 Å². The van der Waals surface area contributed by atoms with Crippen molar-refractivity contribution in [3.05, 3.63) is 24.0 Å². The largest absolute Gasteiger partial charge is 0.294 e. The Kier molecular flexibility index (Phi) is 4.69. The van der Waals surface area contributed by atoms with E-state index in [1.807, 2.05) is 20.8 Å². The number of hydrogen-bond acceptors (Lipinski definition) is 2. The minimum absolute atomic E-state index is 0.124. The van der Waals surface area contributed by atoms with Gasteiger partial charge in [0, 0.05) is 0 Å². The van der Waals surface area contributed by atoms with Crippen molar-refractivity contribution in [2.75, 3.05) is 0 Å². The number of hydrogen-bond donors (Lipinski definition) is 1. The van der Waals surface area contributed by atoms with Crippen LogP contribution in [0.4, 0.5) is 4.39 Å². The van der Waals surface area contributed by atoms with Gasteiger partial charge >= 0.3 is 0 Å². The Labute approximate surface area is 109 Å². The van der Waals surface area contributed by atoms with E-state index in [9.17, 15) is 17.4 Å². The first-order valence-corrected chi connectivity index (χ1v) is 10.1.